The molecule has 2 aromatic heterocycles. The van der Waals surface area contributed by atoms with Gasteiger partial charge in [0.2, 0.25) is 0 Å². The summed E-state index contributed by atoms with van der Waals surface area (Å²) in [5, 5.41) is 18.3. The van der Waals surface area contributed by atoms with E-state index in [0.717, 1.165) is 6.08 Å². The molecule has 0 aliphatic heterocycles. The lowest BCUT2D eigenvalue weighted by Crippen LogP contribution is -2.13. The molecule has 1 amide bonds. The molecule has 0 aliphatic rings. The van der Waals surface area contributed by atoms with Crippen LogP contribution < -0.4 is 5.32 Å². The highest BCUT2D eigenvalue weighted by Gasteiger charge is 2.06. The molecular formula is C13H10N4O3. The molecule has 2 heterocycles. The largest absolute Gasteiger partial charge is 0.478 e. The molecule has 2 aromatic rings. The van der Waals surface area contributed by atoms with Gasteiger partial charge in [-0.2, -0.15) is 10.2 Å². The van der Waals surface area contributed by atoms with Crippen LogP contribution in [0.25, 0.3) is 6.08 Å². The zero-order valence-corrected chi connectivity index (χ0v) is 10.2. The summed E-state index contributed by atoms with van der Waals surface area (Å²) in [5.74, 6) is -1.12. The van der Waals surface area contributed by atoms with Gasteiger partial charge in [-0.25, -0.2) is 9.78 Å². The number of carbonyl (C=O) groups is 2. The molecule has 0 radical (unpaired) electrons. The summed E-state index contributed by atoms with van der Waals surface area (Å²) in [5.41, 5.74) is 0.784. The zero-order chi connectivity index (χ0) is 14.4. The number of nitrogens with one attached hydrogen (secondary N) is 1. The zero-order valence-electron chi connectivity index (χ0n) is 10.2. The third-order valence-electron chi connectivity index (χ3n) is 2.26. The monoisotopic (exact) mass is 270 g/mol. The van der Waals surface area contributed by atoms with Crippen LogP contribution in [0.5, 0.6) is 0 Å². The number of amides is 1. The normalized spacial score (nSPS) is 10.4. The first kappa shape index (κ1) is 13.3. The fourth-order valence-corrected chi connectivity index (χ4v) is 1.38. The van der Waals surface area contributed by atoms with Gasteiger partial charge < -0.3 is 10.4 Å². The van der Waals surface area contributed by atoms with Crippen molar-refractivity contribution in [3.05, 3.63) is 54.0 Å². The Bertz CT molecular complexity index is 656. The van der Waals surface area contributed by atoms with Crippen LogP contribution in [-0.4, -0.2) is 32.2 Å². The minimum atomic E-state index is -1.07. The van der Waals surface area contributed by atoms with Gasteiger partial charge in [0.1, 0.15) is 5.82 Å². The third kappa shape index (κ3) is 3.70. The van der Waals surface area contributed by atoms with E-state index in [0.29, 0.717) is 17.1 Å². The predicted octanol–water partition coefficient (Wildman–Crippen LogP) is 1.22. The lowest BCUT2D eigenvalue weighted by atomic mass is 10.3. The van der Waals surface area contributed by atoms with Gasteiger partial charge in [0.25, 0.3) is 5.91 Å². The minimum Gasteiger partial charge on any atom is -0.478 e. The summed E-state index contributed by atoms with van der Waals surface area (Å²) in [6.45, 7) is 0. The van der Waals surface area contributed by atoms with Crippen molar-refractivity contribution in [3.63, 3.8) is 0 Å². The van der Waals surface area contributed by atoms with Gasteiger partial charge in [0.15, 0.2) is 0 Å². The second-order valence-corrected chi connectivity index (χ2v) is 3.70. The summed E-state index contributed by atoms with van der Waals surface area (Å²) in [6.07, 6.45) is 5.06. The number of rotatable bonds is 4. The molecule has 0 spiro atoms. The maximum absolute atomic E-state index is 11.9. The Hall–Kier alpha value is -3.09. The lowest BCUT2D eigenvalue weighted by molar-refractivity contribution is -0.131. The van der Waals surface area contributed by atoms with Crippen molar-refractivity contribution in [2.45, 2.75) is 0 Å². The Morgan fingerprint density at radius 1 is 1.20 bits per heavy atom. The van der Waals surface area contributed by atoms with Crippen LogP contribution in [0.4, 0.5) is 5.82 Å². The third-order valence-corrected chi connectivity index (χ3v) is 2.26. The Morgan fingerprint density at radius 3 is 2.75 bits per heavy atom. The molecule has 0 atom stereocenters. The SMILES string of the molecule is O=C(O)/C=C/c1cccc(NC(=O)c2ccnnc2)n1. The van der Waals surface area contributed by atoms with Crippen LogP contribution in [0.2, 0.25) is 0 Å². The second-order valence-electron chi connectivity index (χ2n) is 3.70. The number of anilines is 1. The molecule has 20 heavy (non-hydrogen) atoms. The van der Waals surface area contributed by atoms with Gasteiger partial charge in [-0.15, -0.1) is 0 Å². The Labute approximate surface area is 114 Å². The number of carbonyl (C=O) groups excluding carboxylic acids is 1. The number of aliphatic carboxylic acids is 1. The van der Waals surface area contributed by atoms with Crippen molar-refractivity contribution in [1.82, 2.24) is 15.2 Å². The van der Waals surface area contributed by atoms with Crippen molar-refractivity contribution in [2.24, 2.45) is 0 Å². The van der Waals surface area contributed by atoms with E-state index < -0.39 is 5.97 Å². The first-order chi connectivity index (χ1) is 9.65. The van der Waals surface area contributed by atoms with E-state index >= 15 is 0 Å². The molecule has 2 N–H and O–H groups in total. The highest BCUT2D eigenvalue weighted by molar-refractivity contribution is 6.03. The van der Waals surface area contributed by atoms with Gasteiger partial charge >= 0.3 is 5.97 Å². The summed E-state index contributed by atoms with van der Waals surface area (Å²) < 4.78 is 0. The van der Waals surface area contributed by atoms with Crippen molar-refractivity contribution in [3.8, 4) is 0 Å². The van der Waals surface area contributed by atoms with Crippen molar-refractivity contribution in [1.29, 1.82) is 0 Å². The van der Waals surface area contributed by atoms with E-state index in [4.69, 9.17) is 5.11 Å². The van der Waals surface area contributed by atoms with Crippen LogP contribution >= 0.6 is 0 Å². The molecule has 7 nitrogen and oxygen atoms in total. The van der Waals surface area contributed by atoms with Gasteiger partial charge in [-0.3, -0.25) is 4.79 Å². The summed E-state index contributed by atoms with van der Waals surface area (Å²) in [6, 6.07) is 6.42. The van der Waals surface area contributed by atoms with E-state index in [1.807, 2.05) is 0 Å². The number of carboxylic acid groups (broad SMARTS) is 1. The van der Waals surface area contributed by atoms with Gasteiger partial charge in [0.05, 0.1) is 23.7 Å². The number of pyridine rings is 1. The predicted molar refractivity (Wildman–Crippen MR) is 70.9 cm³/mol. The molecule has 0 fully saturated rings. The smallest absolute Gasteiger partial charge is 0.328 e. The van der Waals surface area contributed by atoms with Crippen molar-refractivity contribution < 1.29 is 14.7 Å². The second kappa shape index (κ2) is 6.19. The summed E-state index contributed by atoms with van der Waals surface area (Å²) in [7, 11) is 0. The number of hydrogen-bond acceptors (Lipinski definition) is 5. The van der Waals surface area contributed by atoms with Gasteiger partial charge in [-0.05, 0) is 24.3 Å². The molecule has 7 heteroatoms. The maximum atomic E-state index is 11.9. The summed E-state index contributed by atoms with van der Waals surface area (Å²) in [4.78, 5) is 26.4. The van der Waals surface area contributed by atoms with Crippen LogP contribution in [0, 0.1) is 0 Å². The first-order valence-corrected chi connectivity index (χ1v) is 5.61. The lowest BCUT2D eigenvalue weighted by Gasteiger charge is -2.04. The highest BCUT2D eigenvalue weighted by Crippen LogP contribution is 2.08. The van der Waals surface area contributed by atoms with Gasteiger partial charge in [-0.1, -0.05) is 6.07 Å². The standard InChI is InChI=1S/C13H10N4O3/c18-12(19)5-4-10-2-1-3-11(16-10)17-13(20)9-6-7-14-15-8-9/h1-8H,(H,18,19)(H,16,17,20)/b5-4+. The Balaban J connectivity index is 2.12. The van der Waals surface area contributed by atoms with Gasteiger partial charge in [0, 0.05) is 6.08 Å². The molecule has 0 aromatic carbocycles. The van der Waals surface area contributed by atoms with Crippen LogP contribution in [0.1, 0.15) is 16.1 Å². The quantitative estimate of drug-likeness (QED) is 0.809. The number of hydrogen-bond donors (Lipinski definition) is 2. The number of nitrogens with zero attached hydrogens (tertiary/aromatic N) is 3. The Morgan fingerprint density at radius 2 is 2.05 bits per heavy atom. The van der Waals surface area contributed by atoms with E-state index in [-0.39, 0.29) is 5.91 Å². The van der Waals surface area contributed by atoms with Crippen LogP contribution in [0.3, 0.4) is 0 Å². The molecule has 0 aliphatic carbocycles. The van der Waals surface area contributed by atoms with E-state index in [2.05, 4.69) is 20.5 Å². The fraction of sp³-hybridized carbons (Fsp3) is 0. The molecular weight excluding hydrogens is 260 g/mol. The van der Waals surface area contributed by atoms with Crippen molar-refractivity contribution >= 4 is 23.8 Å². The fourth-order valence-electron chi connectivity index (χ4n) is 1.38. The van der Waals surface area contributed by atoms with Crippen LogP contribution in [0.15, 0.2) is 42.7 Å². The van der Waals surface area contributed by atoms with Crippen molar-refractivity contribution in [2.75, 3.05) is 5.32 Å². The van der Waals surface area contributed by atoms with E-state index in [9.17, 15) is 9.59 Å². The molecule has 0 unspecified atom stereocenters. The molecule has 0 saturated heterocycles. The topological polar surface area (TPSA) is 105 Å². The number of carboxylic acids is 1. The maximum Gasteiger partial charge on any atom is 0.328 e. The highest BCUT2D eigenvalue weighted by atomic mass is 16.4. The van der Waals surface area contributed by atoms with Crippen LogP contribution in [-0.2, 0) is 4.79 Å². The molecule has 0 bridgehead atoms. The van der Waals surface area contributed by atoms with E-state index in [1.165, 1.54) is 24.5 Å². The average molecular weight is 270 g/mol. The van der Waals surface area contributed by atoms with E-state index in [1.54, 1.807) is 18.2 Å². The molecule has 2 rings (SSSR count). The summed E-state index contributed by atoms with van der Waals surface area (Å²) >= 11 is 0. The molecule has 0 saturated carbocycles. The Kier molecular flexibility index (Phi) is 4.13. The minimum absolute atomic E-state index is 0.319. The number of aromatic nitrogens is 3. The first-order valence-electron chi connectivity index (χ1n) is 5.61. The molecule has 100 valence electrons. The average Bonchev–Trinajstić information content (AvgIpc) is 2.46.